The van der Waals surface area contributed by atoms with Gasteiger partial charge in [0.05, 0.1) is 10.4 Å². The maximum Gasteiger partial charge on any atom is 0.247 e. The Morgan fingerprint density at radius 3 is 2.61 bits per heavy atom. The van der Waals surface area contributed by atoms with Crippen LogP contribution in [0.5, 0.6) is 0 Å². The summed E-state index contributed by atoms with van der Waals surface area (Å²) >= 11 is 7.51. The van der Waals surface area contributed by atoms with Crippen LogP contribution in [0.2, 0.25) is 4.34 Å². The molecule has 0 saturated carbocycles. The highest BCUT2D eigenvalue weighted by Crippen LogP contribution is 2.27. The van der Waals surface area contributed by atoms with Crippen LogP contribution in [0.25, 0.3) is 11.5 Å². The minimum Gasteiger partial charge on any atom is -0.419 e. The number of hydrogen-bond acceptors (Lipinski definition) is 5. The van der Waals surface area contributed by atoms with Gasteiger partial charge >= 0.3 is 0 Å². The third-order valence-corrected chi connectivity index (χ3v) is 4.80. The molecule has 3 aromatic rings. The Morgan fingerprint density at radius 2 is 1.96 bits per heavy atom. The van der Waals surface area contributed by atoms with E-state index in [1.54, 1.807) is 23.5 Å². The molecule has 23 heavy (non-hydrogen) atoms. The van der Waals surface area contributed by atoms with Crippen molar-refractivity contribution in [2.24, 2.45) is 0 Å². The van der Waals surface area contributed by atoms with Crippen LogP contribution in [0.1, 0.15) is 23.7 Å². The van der Waals surface area contributed by atoms with E-state index in [4.69, 9.17) is 16.0 Å². The first kappa shape index (κ1) is 16.1. The highest BCUT2D eigenvalue weighted by Gasteiger charge is 2.19. The fraction of sp³-hybridized carbons (Fsp3) is 0.250. The zero-order chi connectivity index (χ0) is 16.4. The van der Waals surface area contributed by atoms with Gasteiger partial charge in [-0.2, -0.15) is 0 Å². The number of hydrogen-bond donors (Lipinski definition) is 0. The lowest BCUT2D eigenvalue weighted by Crippen LogP contribution is -2.21. The van der Waals surface area contributed by atoms with Crippen LogP contribution in [-0.2, 0) is 6.54 Å². The van der Waals surface area contributed by atoms with E-state index in [0.29, 0.717) is 17.3 Å². The Kier molecular flexibility index (Phi) is 4.75. The molecule has 7 heteroatoms. The van der Waals surface area contributed by atoms with E-state index in [1.165, 1.54) is 17.0 Å². The van der Waals surface area contributed by atoms with Crippen LogP contribution in [-0.4, -0.2) is 22.1 Å². The van der Waals surface area contributed by atoms with Crippen molar-refractivity contribution in [1.82, 2.24) is 15.1 Å². The van der Waals surface area contributed by atoms with Crippen LogP contribution >= 0.6 is 22.9 Å². The molecule has 0 N–H and O–H groups in total. The van der Waals surface area contributed by atoms with Crippen molar-refractivity contribution in [3.8, 4) is 11.5 Å². The van der Waals surface area contributed by atoms with Crippen LogP contribution < -0.4 is 0 Å². The van der Waals surface area contributed by atoms with Gasteiger partial charge in [-0.15, -0.1) is 21.5 Å². The SMILES string of the molecule is CC(c1nnc(-c2ccc(F)cc2)o1)N(C)Cc1ccc(Cl)s1. The Morgan fingerprint density at radius 1 is 1.22 bits per heavy atom. The van der Waals surface area contributed by atoms with Crippen molar-refractivity contribution < 1.29 is 8.81 Å². The molecule has 120 valence electrons. The second kappa shape index (κ2) is 6.78. The number of thiophene rings is 1. The Labute approximate surface area is 142 Å². The molecule has 0 aliphatic heterocycles. The number of benzene rings is 1. The average molecular weight is 352 g/mol. The number of rotatable bonds is 5. The quantitative estimate of drug-likeness (QED) is 0.663. The molecule has 3 rings (SSSR count). The second-order valence-corrected chi connectivity index (χ2v) is 7.05. The molecule has 1 atom stereocenters. The number of halogens is 2. The van der Waals surface area contributed by atoms with Crippen LogP contribution in [0.4, 0.5) is 4.39 Å². The van der Waals surface area contributed by atoms with E-state index in [-0.39, 0.29) is 11.9 Å². The van der Waals surface area contributed by atoms with Crippen molar-refractivity contribution in [2.45, 2.75) is 19.5 Å². The monoisotopic (exact) mass is 351 g/mol. The minimum atomic E-state index is -0.295. The van der Waals surface area contributed by atoms with Gasteiger partial charge < -0.3 is 4.42 Å². The first-order valence-electron chi connectivity index (χ1n) is 7.06. The van der Waals surface area contributed by atoms with Crippen LogP contribution in [0.3, 0.4) is 0 Å². The summed E-state index contributed by atoms with van der Waals surface area (Å²) in [5.41, 5.74) is 0.699. The molecule has 1 aromatic carbocycles. The summed E-state index contributed by atoms with van der Waals surface area (Å²) < 4.78 is 19.5. The molecule has 1 unspecified atom stereocenters. The van der Waals surface area contributed by atoms with Crippen LogP contribution in [0, 0.1) is 5.82 Å². The first-order chi connectivity index (χ1) is 11.0. The predicted molar refractivity (Wildman–Crippen MR) is 88.9 cm³/mol. The van der Waals surface area contributed by atoms with Crippen LogP contribution in [0.15, 0.2) is 40.8 Å². The van der Waals surface area contributed by atoms with E-state index in [1.807, 2.05) is 26.1 Å². The minimum absolute atomic E-state index is 0.0439. The molecule has 2 aromatic heterocycles. The lowest BCUT2D eigenvalue weighted by molar-refractivity contribution is 0.219. The molecule has 2 heterocycles. The maximum atomic E-state index is 13.0. The maximum absolute atomic E-state index is 13.0. The van der Waals surface area contributed by atoms with E-state index in [0.717, 1.165) is 10.9 Å². The number of nitrogens with zero attached hydrogens (tertiary/aromatic N) is 3. The van der Waals surface area contributed by atoms with Gasteiger partial charge in [-0.3, -0.25) is 4.90 Å². The van der Waals surface area contributed by atoms with Crippen molar-refractivity contribution in [3.63, 3.8) is 0 Å². The Bertz CT molecular complexity index is 787. The lowest BCUT2D eigenvalue weighted by Gasteiger charge is -2.20. The zero-order valence-electron chi connectivity index (χ0n) is 12.7. The molecule has 0 amide bonds. The van der Waals surface area contributed by atoms with Gasteiger partial charge in [-0.05, 0) is 50.4 Å². The smallest absolute Gasteiger partial charge is 0.247 e. The van der Waals surface area contributed by atoms with Crippen molar-refractivity contribution in [1.29, 1.82) is 0 Å². The van der Waals surface area contributed by atoms with Crippen molar-refractivity contribution >= 4 is 22.9 Å². The zero-order valence-corrected chi connectivity index (χ0v) is 14.2. The van der Waals surface area contributed by atoms with Gasteiger partial charge in [-0.1, -0.05) is 11.6 Å². The molecule has 0 fully saturated rings. The summed E-state index contributed by atoms with van der Waals surface area (Å²) in [5, 5.41) is 8.15. The molecule has 0 saturated heterocycles. The van der Waals surface area contributed by atoms with Gasteiger partial charge in [0.15, 0.2) is 0 Å². The second-order valence-electron chi connectivity index (χ2n) is 5.25. The molecule has 0 bridgehead atoms. The lowest BCUT2D eigenvalue weighted by atomic mass is 10.2. The molecular weight excluding hydrogens is 337 g/mol. The summed E-state index contributed by atoms with van der Waals surface area (Å²) in [4.78, 5) is 3.27. The van der Waals surface area contributed by atoms with Gasteiger partial charge in [-0.25, -0.2) is 4.39 Å². The molecular formula is C16H15ClFN3OS. The molecule has 4 nitrogen and oxygen atoms in total. The third-order valence-electron chi connectivity index (χ3n) is 3.58. The van der Waals surface area contributed by atoms with E-state index < -0.39 is 0 Å². The fourth-order valence-corrected chi connectivity index (χ4v) is 3.27. The van der Waals surface area contributed by atoms with Gasteiger partial charge in [0.1, 0.15) is 5.82 Å². The fourth-order valence-electron chi connectivity index (χ4n) is 2.12. The predicted octanol–water partition coefficient (Wildman–Crippen LogP) is 4.78. The number of aromatic nitrogens is 2. The Hall–Kier alpha value is -1.76. The highest BCUT2D eigenvalue weighted by molar-refractivity contribution is 7.16. The summed E-state index contributed by atoms with van der Waals surface area (Å²) in [6.45, 7) is 2.74. The van der Waals surface area contributed by atoms with E-state index in [9.17, 15) is 4.39 Å². The van der Waals surface area contributed by atoms with Crippen molar-refractivity contribution in [2.75, 3.05) is 7.05 Å². The van der Waals surface area contributed by atoms with Gasteiger partial charge in [0.2, 0.25) is 11.8 Å². The molecule has 0 spiro atoms. The largest absolute Gasteiger partial charge is 0.419 e. The summed E-state index contributed by atoms with van der Waals surface area (Å²) in [6, 6.07) is 9.83. The summed E-state index contributed by atoms with van der Waals surface area (Å²) in [6.07, 6.45) is 0. The third kappa shape index (κ3) is 3.77. The standard InChI is InChI=1S/C16H15ClFN3OS/c1-10(21(2)9-13-7-8-14(17)23-13)15-19-20-16(22-15)11-3-5-12(18)6-4-11/h3-8,10H,9H2,1-2H3. The van der Waals surface area contributed by atoms with Gasteiger partial charge in [0.25, 0.3) is 0 Å². The normalized spacial score (nSPS) is 12.7. The highest BCUT2D eigenvalue weighted by atomic mass is 35.5. The van der Waals surface area contributed by atoms with E-state index >= 15 is 0 Å². The van der Waals surface area contributed by atoms with Gasteiger partial charge in [0, 0.05) is 17.0 Å². The molecule has 0 aliphatic rings. The molecule has 0 aliphatic carbocycles. The topological polar surface area (TPSA) is 42.2 Å². The first-order valence-corrected chi connectivity index (χ1v) is 8.26. The molecule has 0 radical (unpaired) electrons. The Balaban J connectivity index is 1.72. The van der Waals surface area contributed by atoms with Crippen molar-refractivity contribution in [3.05, 3.63) is 57.3 Å². The summed E-state index contributed by atoms with van der Waals surface area (Å²) in [5.74, 6) is 0.616. The average Bonchev–Trinajstić information content (AvgIpc) is 3.16. The summed E-state index contributed by atoms with van der Waals surface area (Å²) in [7, 11) is 1.99. The van der Waals surface area contributed by atoms with E-state index in [2.05, 4.69) is 15.1 Å².